The van der Waals surface area contributed by atoms with Gasteiger partial charge in [-0.25, -0.2) is 4.52 Å². The van der Waals surface area contributed by atoms with Gasteiger partial charge in [0.1, 0.15) is 0 Å². The molecule has 0 atom stereocenters. The van der Waals surface area contributed by atoms with Crippen LogP contribution in [-0.4, -0.2) is 25.7 Å². The number of benzene rings is 2. The molecule has 2 heterocycles. The van der Waals surface area contributed by atoms with E-state index >= 15 is 0 Å². The first-order valence-corrected chi connectivity index (χ1v) is 8.77. The van der Waals surface area contributed by atoms with Crippen molar-refractivity contribution in [3.63, 3.8) is 0 Å². The molecule has 4 aromatic rings. The monoisotopic (exact) mass is 377 g/mol. The molecule has 27 heavy (non-hydrogen) atoms. The van der Waals surface area contributed by atoms with Gasteiger partial charge in [-0.2, -0.15) is 5.10 Å². The van der Waals surface area contributed by atoms with Crippen molar-refractivity contribution in [2.24, 2.45) is 0 Å². The van der Waals surface area contributed by atoms with Crippen LogP contribution >= 0.6 is 11.6 Å². The predicted octanol–water partition coefficient (Wildman–Crippen LogP) is 4.31. The van der Waals surface area contributed by atoms with E-state index < -0.39 is 0 Å². The molecule has 0 bridgehead atoms. The maximum absolute atomic E-state index is 12.6. The first kappa shape index (κ1) is 17.2. The Bertz CT molecular complexity index is 1140. The molecule has 0 saturated heterocycles. The summed E-state index contributed by atoms with van der Waals surface area (Å²) in [4.78, 5) is 12.6. The average Bonchev–Trinajstić information content (AvgIpc) is 3.01. The number of aryl methyl sites for hydroxylation is 2. The maximum atomic E-state index is 12.6. The molecule has 0 aliphatic rings. The summed E-state index contributed by atoms with van der Waals surface area (Å²) >= 11 is 5.88. The maximum Gasteiger partial charge on any atom is 0.278 e. The summed E-state index contributed by atoms with van der Waals surface area (Å²) in [6, 6.07) is 16.8. The first-order chi connectivity index (χ1) is 13.0. The van der Waals surface area contributed by atoms with E-state index in [9.17, 15) is 4.79 Å². The van der Waals surface area contributed by atoms with Gasteiger partial charge in [0, 0.05) is 10.7 Å². The van der Waals surface area contributed by atoms with Gasteiger partial charge in [0.15, 0.2) is 11.3 Å². The van der Waals surface area contributed by atoms with E-state index in [-0.39, 0.29) is 11.6 Å². The average molecular weight is 378 g/mol. The lowest BCUT2D eigenvalue weighted by molar-refractivity contribution is 0.102. The minimum atomic E-state index is -0.348. The summed E-state index contributed by atoms with van der Waals surface area (Å²) in [7, 11) is 0. The Balaban J connectivity index is 1.75. The highest BCUT2D eigenvalue weighted by Gasteiger charge is 2.20. The van der Waals surface area contributed by atoms with Crippen molar-refractivity contribution in [1.29, 1.82) is 0 Å². The number of anilines is 1. The Morgan fingerprint density at radius 3 is 2.41 bits per heavy atom. The Hall–Kier alpha value is -3.25. The Kier molecular flexibility index (Phi) is 4.33. The summed E-state index contributed by atoms with van der Waals surface area (Å²) in [5, 5.41) is 16.4. The smallest absolute Gasteiger partial charge is 0.278 e. The fraction of sp³-hybridized carbons (Fsp3) is 0.100. The molecule has 1 N–H and O–H groups in total. The molecule has 0 radical (unpaired) electrons. The van der Waals surface area contributed by atoms with Gasteiger partial charge in [-0.15, -0.1) is 10.2 Å². The number of halogens is 1. The van der Waals surface area contributed by atoms with Crippen molar-refractivity contribution in [3.05, 3.63) is 76.7 Å². The number of amides is 1. The summed E-state index contributed by atoms with van der Waals surface area (Å²) in [6.07, 6.45) is 0. The lowest BCUT2D eigenvalue weighted by Crippen LogP contribution is -2.18. The number of nitrogens with one attached hydrogen (secondary N) is 1. The van der Waals surface area contributed by atoms with Gasteiger partial charge in [0.05, 0.1) is 17.0 Å². The van der Waals surface area contributed by atoms with Crippen LogP contribution in [-0.2, 0) is 0 Å². The van der Waals surface area contributed by atoms with Crippen LogP contribution in [0.3, 0.4) is 0 Å². The van der Waals surface area contributed by atoms with E-state index in [4.69, 9.17) is 11.6 Å². The van der Waals surface area contributed by atoms with Gasteiger partial charge in [0.2, 0.25) is 0 Å². The third kappa shape index (κ3) is 3.15. The molecule has 0 unspecified atom stereocenters. The normalized spacial score (nSPS) is 10.9. The van der Waals surface area contributed by atoms with E-state index in [0.29, 0.717) is 22.1 Å². The van der Waals surface area contributed by atoms with Gasteiger partial charge in [0.25, 0.3) is 5.91 Å². The number of fused-ring (bicyclic) bond motifs is 1. The van der Waals surface area contributed by atoms with Crippen LogP contribution in [0.25, 0.3) is 16.8 Å². The molecule has 0 fully saturated rings. The highest BCUT2D eigenvalue weighted by atomic mass is 35.5. The molecular formula is C20H16ClN5O. The zero-order valence-corrected chi connectivity index (χ0v) is 15.5. The fourth-order valence-corrected chi connectivity index (χ4v) is 3.11. The second kappa shape index (κ2) is 6.81. The number of hydrogen-bond donors (Lipinski definition) is 1. The molecule has 2 aromatic carbocycles. The fourth-order valence-electron chi connectivity index (χ4n) is 2.99. The quantitative estimate of drug-likeness (QED) is 0.577. The highest BCUT2D eigenvalue weighted by molar-refractivity contribution is 6.30. The van der Waals surface area contributed by atoms with Crippen LogP contribution in [0.1, 0.15) is 21.9 Å². The molecule has 1 amide bonds. The van der Waals surface area contributed by atoms with Crippen molar-refractivity contribution < 1.29 is 4.79 Å². The van der Waals surface area contributed by atoms with E-state index in [0.717, 1.165) is 16.8 Å². The van der Waals surface area contributed by atoms with Gasteiger partial charge >= 0.3 is 0 Å². The Labute approximate surface area is 160 Å². The number of aromatic nitrogens is 4. The van der Waals surface area contributed by atoms with E-state index in [2.05, 4.69) is 20.6 Å². The second-order valence-corrected chi connectivity index (χ2v) is 6.59. The zero-order valence-electron chi connectivity index (χ0n) is 14.8. The summed E-state index contributed by atoms with van der Waals surface area (Å²) < 4.78 is 1.67. The van der Waals surface area contributed by atoms with Crippen molar-refractivity contribution in [2.45, 2.75) is 13.8 Å². The molecule has 134 valence electrons. The summed E-state index contributed by atoms with van der Waals surface area (Å²) in [6.45, 7) is 3.73. The van der Waals surface area contributed by atoms with Gasteiger partial charge < -0.3 is 5.32 Å². The zero-order chi connectivity index (χ0) is 19.0. The third-order valence-corrected chi connectivity index (χ3v) is 4.57. The Morgan fingerprint density at radius 2 is 1.70 bits per heavy atom. The highest BCUT2D eigenvalue weighted by Crippen LogP contribution is 2.27. The van der Waals surface area contributed by atoms with Crippen LogP contribution in [0.4, 0.5) is 5.69 Å². The summed E-state index contributed by atoms with van der Waals surface area (Å²) in [5.74, 6) is -0.348. The molecule has 2 aromatic heterocycles. The van der Waals surface area contributed by atoms with Gasteiger partial charge in [-0.3, -0.25) is 4.79 Å². The lowest BCUT2D eigenvalue weighted by atomic mass is 10.1. The second-order valence-electron chi connectivity index (χ2n) is 6.16. The van der Waals surface area contributed by atoms with E-state index in [1.54, 1.807) is 35.7 Å². The summed E-state index contributed by atoms with van der Waals surface area (Å²) in [5.41, 5.74) is 4.85. The van der Waals surface area contributed by atoms with Crippen LogP contribution in [0.5, 0.6) is 0 Å². The molecule has 0 spiro atoms. The molecule has 4 rings (SSSR count). The van der Waals surface area contributed by atoms with Crippen LogP contribution in [0, 0.1) is 13.8 Å². The lowest BCUT2D eigenvalue weighted by Gasteiger charge is -2.08. The molecule has 0 aliphatic heterocycles. The van der Waals surface area contributed by atoms with Crippen molar-refractivity contribution >= 4 is 28.8 Å². The van der Waals surface area contributed by atoms with Gasteiger partial charge in [-0.05, 0) is 43.7 Å². The van der Waals surface area contributed by atoms with Crippen molar-refractivity contribution in [1.82, 2.24) is 19.8 Å². The van der Waals surface area contributed by atoms with Gasteiger partial charge in [-0.1, -0.05) is 41.9 Å². The largest absolute Gasteiger partial charge is 0.321 e. The molecule has 6 nitrogen and oxygen atoms in total. The predicted molar refractivity (Wildman–Crippen MR) is 105 cm³/mol. The molecular weight excluding hydrogens is 362 g/mol. The number of carbonyl (C=O) groups excluding carboxylic acids is 1. The molecule has 0 saturated carbocycles. The van der Waals surface area contributed by atoms with Crippen molar-refractivity contribution in [2.75, 3.05) is 5.32 Å². The van der Waals surface area contributed by atoms with E-state index in [1.807, 2.05) is 37.3 Å². The standard InChI is InChI=1S/C20H16ClN5O/c1-12-17(14-6-4-3-5-7-14)19-24-23-18(13(2)26(19)25-12)20(27)22-16-10-8-15(21)9-11-16/h3-11H,1-2H3,(H,22,27). The topological polar surface area (TPSA) is 72.2 Å². The Morgan fingerprint density at radius 1 is 1.00 bits per heavy atom. The third-order valence-electron chi connectivity index (χ3n) is 4.32. The van der Waals surface area contributed by atoms with Crippen LogP contribution < -0.4 is 5.32 Å². The van der Waals surface area contributed by atoms with Crippen LogP contribution in [0.15, 0.2) is 54.6 Å². The number of rotatable bonds is 3. The first-order valence-electron chi connectivity index (χ1n) is 8.39. The SMILES string of the molecule is Cc1nn2c(C)c(C(=O)Nc3ccc(Cl)cc3)nnc2c1-c1ccccc1. The van der Waals surface area contributed by atoms with Crippen molar-refractivity contribution in [3.8, 4) is 11.1 Å². The van der Waals surface area contributed by atoms with Crippen LogP contribution in [0.2, 0.25) is 5.02 Å². The molecule has 0 aliphatic carbocycles. The minimum absolute atomic E-state index is 0.222. The number of nitrogens with zero attached hydrogens (tertiary/aromatic N) is 4. The van der Waals surface area contributed by atoms with E-state index in [1.165, 1.54) is 0 Å². The number of hydrogen-bond acceptors (Lipinski definition) is 4. The number of carbonyl (C=O) groups is 1. The molecule has 7 heteroatoms. The minimum Gasteiger partial charge on any atom is -0.321 e.